The summed E-state index contributed by atoms with van der Waals surface area (Å²) in [4.78, 5) is 9.69. The van der Waals surface area contributed by atoms with E-state index in [1.807, 2.05) is 0 Å². The first-order chi connectivity index (χ1) is 6.88. The number of alkyl halides is 3. The van der Waals surface area contributed by atoms with E-state index in [9.17, 15) is 23.3 Å². The van der Waals surface area contributed by atoms with Gasteiger partial charge in [-0.3, -0.25) is 10.1 Å². The van der Waals surface area contributed by atoms with Gasteiger partial charge in [0.1, 0.15) is 0 Å². The third kappa shape index (κ3) is 4.26. The molecule has 0 bridgehead atoms. The molecule has 0 aliphatic heterocycles. The number of nitrogens with zero attached hydrogens (tertiary/aromatic N) is 1. The molecule has 4 nitrogen and oxygen atoms in total. The molecular formula is C7H7F3N2O2S. The summed E-state index contributed by atoms with van der Waals surface area (Å²) in [5, 5.41) is 13.8. The molecule has 0 atom stereocenters. The maximum absolute atomic E-state index is 11.7. The van der Waals surface area contributed by atoms with Gasteiger partial charge >= 0.3 is 11.2 Å². The van der Waals surface area contributed by atoms with Crippen LogP contribution in [0.3, 0.4) is 0 Å². The Morgan fingerprint density at radius 1 is 1.53 bits per heavy atom. The summed E-state index contributed by atoms with van der Waals surface area (Å²) in [7, 11) is 0. The van der Waals surface area contributed by atoms with Crippen LogP contribution in [-0.2, 0) is 6.54 Å². The predicted molar refractivity (Wildman–Crippen MR) is 48.7 cm³/mol. The van der Waals surface area contributed by atoms with Crippen molar-refractivity contribution in [3.63, 3.8) is 0 Å². The zero-order valence-electron chi connectivity index (χ0n) is 7.37. The molecular weight excluding hydrogens is 233 g/mol. The lowest BCUT2D eigenvalue weighted by Crippen LogP contribution is -2.28. The molecule has 0 aromatic carbocycles. The second kappa shape index (κ2) is 4.58. The Hall–Kier alpha value is -1.15. The molecule has 1 heterocycles. The maximum Gasteiger partial charge on any atom is 0.401 e. The van der Waals surface area contributed by atoms with E-state index in [4.69, 9.17) is 0 Å². The number of hydrogen-bond donors (Lipinski definition) is 1. The fraction of sp³-hybridized carbons (Fsp3) is 0.429. The number of nitro groups is 1. The largest absolute Gasteiger partial charge is 0.401 e. The van der Waals surface area contributed by atoms with Crippen LogP contribution in [0.5, 0.6) is 0 Å². The standard InChI is InChI=1S/C7H7F3N2O2S/c8-7(9,10)4-11-2-5-1-6(12(13)14)15-3-5/h1,3,11H,2,4H2. The second-order valence-electron chi connectivity index (χ2n) is 2.77. The van der Waals surface area contributed by atoms with Crippen LogP contribution in [0.4, 0.5) is 18.2 Å². The SMILES string of the molecule is O=[N+]([O-])c1cc(CNCC(F)(F)F)cs1. The van der Waals surface area contributed by atoms with Crippen LogP contribution in [0.25, 0.3) is 0 Å². The average molecular weight is 240 g/mol. The molecule has 1 N–H and O–H groups in total. The Balaban J connectivity index is 2.41. The molecule has 0 fully saturated rings. The van der Waals surface area contributed by atoms with E-state index in [0.717, 1.165) is 11.3 Å². The molecule has 0 saturated heterocycles. The van der Waals surface area contributed by atoms with Gasteiger partial charge in [-0.25, -0.2) is 0 Å². The monoisotopic (exact) mass is 240 g/mol. The van der Waals surface area contributed by atoms with Crippen molar-refractivity contribution in [3.05, 3.63) is 27.1 Å². The molecule has 15 heavy (non-hydrogen) atoms. The van der Waals surface area contributed by atoms with Crippen LogP contribution >= 0.6 is 11.3 Å². The number of halogens is 3. The first kappa shape index (κ1) is 11.9. The van der Waals surface area contributed by atoms with Gasteiger partial charge in [0, 0.05) is 18.0 Å². The van der Waals surface area contributed by atoms with Crippen molar-refractivity contribution in [1.82, 2.24) is 5.32 Å². The van der Waals surface area contributed by atoms with Crippen molar-refractivity contribution >= 4 is 16.3 Å². The lowest BCUT2D eigenvalue weighted by atomic mass is 10.3. The summed E-state index contributed by atoms with van der Waals surface area (Å²) in [6, 6.07) is 1.26. The van der Waals surface area contributed by atoms with Crippen LogP contribution in [0.1, 0.15) is 5.56 Å². The topological polar surface area (TPSA) is 55.2 Å². The molecule has 84 valence electrons. The fourth-order valence-corrected chi connectivity index (χ4v) is 1.63. The van der Waals surface area contributed by atoms with Gasteiger partial charge in [0.2, 0.25) is 0 Å². The van der Waals surface area contributed by atoms with Crippen LogP contribution in [0.15, 0.2) is 11.4 Å². The van der Waals surface area contributed by atoms with Crippen molar-refractivity contribution in [2.75, 3.05) is 6.54 Å². The fourth-order valence-electron chi connectivity index (χ4n) is 0.900. The molecule has 0 aliphatic rings. The molecule has 1 rings (SSSR count). The van der Waals surface area contributed by atoms with Gasteiger partial charge < -0.3 is 5.32 Å². The predicted octanol–water partition coefficient (Wildman–Crippen LogP) is 2.31. The van der Waals surface area contributed by atoms with E-state index in [1.165, 1.54) is 11.4 Å². The molecule has 0 spiro atoms. The van der Waals surface area contributed by atoms with Gasteiger partial charge in [0.05, 0.1) is 11.5 Å². The van der Waals surface area contributed by atoms with Gasteiger partial charge in [-0.1, -0.05) is 11.3 Å². The number of nitrogens with one attached hydrogen (secondary N) is 1. The van der Waals surface area contributed by atoms with Crippen LogP contribution in [-0.4, -0.2) is 17.6 Å². The van der Waals surface area contributed by atoms with E-state index in [1.54, 1.807) is 0 Å². The summed E-state index contributed by atoms with van der Waals surface area (Å²) in [5.41, 5.74) is 0.482. The summed E-state index contributed by atoms with van der Waals surface area (Å²) in [5.74, 6) is 0. The molecule has 0 saturated carbocycles. The highest BCUT2D eigenvalue weighted by Gasteiger charge is 2.26. The minimum atomic E-state index is -4.26. The Labute approximate surface area is 86.9 Å². The zero-order valence-corrected chi connectivity index (χ0v) is 8.19. The van der Waals surface area contributed by atoms with Gasteiger partial charge in [0.25, 0.3) is 0 Å². The molecule has 1 aromatic heterocycles. The minimum absolute atomic E-state index is 0.0240. The van der Waals surface area contributed by atoms with Crippen LogP contribution < -0.4 is 5.32 Å². The highest BCUT2D eigenvalue weighted by Crippen LogP contribution is 2.22. The van der Waals surface area contributed by atoms with Crippen molar-refractivity contribution < 1.29 is 18.1 Å². The minimum Gasteiger partial charge on any atom is -0.305 e. The lowest BCUT2D eigenvalue weighted by Gasteiger charge is -2.06. The van der Waals surface area contributed by atoms with Gasteiger partial charge in [0.15, 0.2) is 0 Å². The first-order valence-electron chi connectivity index (χ1n) is 3.88. The van der Waals surface area contributed by atoms with Crippen molar-refractivity contribution in [3.8, 4) is 0 Å². The lowest BCUT2D eigenvalue weighted by molar-refractivity contribution is -0.380. The van der Waals surface area contributed by atoms with Crippen molar-refractivity contribution in [1.29, 1.82) is 0 Å². The zero-order chi connectivity index (χ0) is 11.5. The smallest absolute Gasteiger partial charge is 0.305 e. The quantitative estimate of drug-likeness (QED) is 0.649. The van der Waals surface area contributed by atoms with Crippen molar-refractivity contribution in [2.24, 2.45) is 0 Å². The van der Waals surface area contributed by atoms with E-state index in [-0.39, 0.29) is 11.5 Å². The number of hydrogen-bond acceptors (Lipinski definition) is 4. The molecule has 0 unspecified atom stereocenters. The summed E-state index contributed by atoms with van der Waals surface area (Å²) in [6.45, 7) is -1.12. The Morgan fingerprint density at radius 3 is 2.67 bits per heavy atom. The molecule has 8 heteroatoms. The summed E-state index contributed by atoms with van der Waals surface area (Å²) in [6.07, 6.45) is -4.26. The van der Waals surface area contributed by atoms with Crippen LogP contribution in [0.2, 0.25) is 0 Å². The van der Waals surface area contributed by atoms with Crippen LogP contribution in [0, 0.1) is 10.1 Å². The van der Waals surface area contributed by atoms with Crippen molar-refractivity contribution in [2.45, 2.75) is 12.7 Å². The Morgan fingerprint density at radius 2 is 2.20 bits per heavy atom. The van der Waals surface area contributed by atoms with E-state index in [0.29, 0.717) is 5.56 Å². The highest BCUT2D eigenvalue weighted by atomic mass is 32.1. The van der Waals surface area contributed by atoms with Gasteiger partial charge in [-0.05, 0) is 5.56 Å². The Kier molecular flexibility index (Phi) is 3.64. The molecule has 1 aromatic rings. The summed E-state index contributed by atoms with van der Waals surface area (Å²) >= 11 is 0.895. The molecule has 0 aliphatic carbocycles. The average Bonchev–Trinajstić information content (AvgIpc) is 2.50. The summed E-state index contributed by atoms with van der Waals surface area (Å²) < 4.78 is 35.2. The molecule has 0 radical (unpaired) electrons. The van der Waals surface area contributed by atoms with Gasteiger partial charge in [-0.15, -0.1) is 0 Å². The Bertz CT molecular complexity index is 350. The van der Waals surface area contributed by atoms with E-state index >= 15 is 0 Å². The first-order valence-corrected chi connectivity index (χ1v) is 4.76. The normalized spacial score (nSPS) is 11.7. The van der Waals surface area contributed by atoms with E-state index in [2.05, 4.69) is 5.32 Å². The third-order valence-corrected chi connectivity index (χ3v) is 2.40. The van der Waals surface area contributed by atoms with Gasteiger partial charge in [-0.2, -0.15) is 13.2 Å². The second-order valence-corrected chi connectivity index (χ2v) is 3.66. The number of thiophene rings is 1. The molecule has 0 amide bonds. The number of rotatable bonds is 4. The maximum atomic E-state index is 11.7. The van der Waals surface area contributed by atoms with E-state index < -0.39 is 17.6 Å². The third-order valence-electron chi connectivity index (χ3n) is 1.47. The highest BCUT2D eigenvalue weighted by molar-refractivity contribution is 7.13.